The Kier molecular flexibility index (Phi) is 6.05. The molecule has 130 valence electrons. The van der Waals surface area contributed by atoms with Crippen LogP contribution in [0.25, 0.3) is 0 Å². The van der Waals surface area contributed by atoms with Crippen molar-refractivity contribution in [2.45, 2.75) is 6.92 Å². The topological polar surface area (TPSA) is 108 Å². The van der Waals surface area contributed by atoms with Gasteiger partial charge in [0.25, 0.3) is 11.6 Å². The Bertz CT molecular complexity index is 790. The number of esters is 1. The van der Waals surface area contributed by atoms with Crippen molar-refractivity contribution in [3.8, 4) is 5.75 Å². The van der Waals surface area contributed by atoms with Crippen LogP contribution >= 0.6 is 0 Å². The Labute approximate surface area is 143 Å². The lowest BCUT2D eigenvalue weighted by molar-refractivity contribution is -0.385. The highest BCUT2D eigenvalue weighted by Gasteiger charge is 2.19. The molecule has 0 aromatic heterocycles. The van der Waals surface area contributed by atoms with Gasteiger partial charge in [-0.05, 0) is 25.1 Å². The molecular formula is C17H16N2O6. The largest absolute Gasteiger partial charge is 0.482 e. The zero-order valence-corrected chi connectivity index (χ0v) is 13.4. The second-order valence-electron chi connectivity index (χ2n) is 4.85. The Hall–Kier alpha value is -3.42. The monoisotopic (exact) mass is 344 g/mol. The Morgan fingerprint density at radius 2 is 1.92 bits per heavy atom. The maximum atomic E-state index is 12.3. The molecule has 0 unspecified atom stereocenters. The number of nitro benzene ring substituents is 1. The number of carbonyl (C=O) groups excluding carboxylic acids is 2. The van der Waals surface area contributed by atoms with Crippen molar-refractivity contribution in [1.82, 2.24) is 0 Å². The van der Waals surface area contributed by atoms with Crippen LogP contribution in [0.15, 0.2) is 48.5 Å². The molecule has 25 heavy (non-hydrogen) atoms. The number of ether oxygens (including phenoxy) is 2. The van der Waals surface area contributed by atoms with E-state index in [2.05, 4.69) is 5.32 Å². The van der Waals surface area contributed by atoms with Crippen LogP contribution < -0.4 is 10.1 Å². The number of nitro groups is 1. The summed E-state index contributed by atoms with van der Waals surface area (Å²) >= 11 is 0. The standard InChI is InChI=1S/C17H16N2O6/c1-2-24-16(20)11-25-13-7-5-6-12(10-13)18-17(21)14-8-3-4-9-15(14)19(22)23/h3-10H,2,11H2,1H3,(H,18,21). The van der Waals surface area contributed by atoms with E-state index in [9.17, 15) is 19.7 Å². The molecule has 0 atom stereocenters. The van der Waals surface area contributed by atoms with Gasteiger partial charge in [-0.1, -0.05) is 18.2 Å². The maximum Gasteiger partial charge on any atom is 0.344 e. The van der Waals surface area contributed by atoms with Gasteiger partial charge in [0.15, 0.2) is 6.61 Å². The van der Waals surface area contributed by atoms with Crippen molar-refractivity contribution < 1.29 is 24.0 Å². The first-order chi connectivity index (χ1) is 12.0. The van der Waals surface area contributed by atoms with E-state index < -0.39 is 16.8 Å². The van der Waals surface area contributed by atoms with Crippen molar-refractivity contribution in [1.29, 1.82) is 0 Å². The number of carbonyl (C=O) groups is 2. The third kappa shape index (κ3) is 5.03. The molecule has 2 aromatic carbocycles. The third-order valence-electron chi connectivity index (χ3n) is 3.10. The highest BCUT2D eigenvalue weighted by Crippen LogP contribution is 2.21. The molecule has 0 aliphatic carbocycles. The summed E-state index contributed by atoms with van der Waals surface area (Å²) in [7, 11) is 0. The van der Waals surface area contributed by atoms with Crippen molar-refractivity contribution >= 4 is 23.3 Å². The van der Waals surface area contributed by atoms with Crippen molar-refractivity contribution in [2.24, 2.45) is 0 Å². The molecule has 0 radical (unpaired) electrons. The fourth-order valence-corrected chi connectivity index (χ4v) is 2.03. The second kappa shape index (κ2) is 8.44. The average Bonchev–Trinajstić information content (AvgIpc) is 2.60. The normalized spacial score (nSPS) is 9.96. The van der Waals surface area contributed by atoms with Gasteiger partial charge in [-0.2, -0.15) is 0 Å². The Morgan fingerprint density at radius 1 is 1.16 bits per heavy atom. The van der Waals surface area contributed by atoms with Crippen LogP contribution in [0.5, 0.6) is 5.75 Å². The van der Waals surface area contributed by atoms with E-state index in [1.54, 1.807) is 31.2 Å². The first-order valence-electron chi connectivity index (χ1n) is 7.44. The van der Waals surface area contributed by atoms with Gasteiger partial charge in [0.1, 0.15) is 11.3 Å². The van der Waals surface area contributed by atoms with E-state index >= 15 is 0 Å². The smallest absolute Gasteiger partial charge is 0.344 e. The molecule has 0 heterocycles. The summed E-state index contributed by atoms with van der Waals surface area (Å²) in [4.78, 5) is 33.9. The molecule has 2 rings (SSSR count). The quantitative estimate of drug-likeness (QED) is 0.470. The average molecular weight is 344 g/mol. The minimum Gasteiger partial charge on any atom is -0.482 e. The number of hydrogen-bond donors (Lipinski definition) is 1. The molecule has 0 saturated carbocycles. The van der Waals surface area contributed by atoms with E-state index in [-0.39, 0.29) is 24.5 Å². The van der Waals surface area contributed by atoms with Crippen LogP contribution in [-0.2, 0) is 9.53 Å². The zero-order valence-electron chi connectivity index (χ0n) is 13.4. The molecule has 0 spiro atoms. The fourth-order valence-electron chi connectivity index (χ4n) is 2.03. The van der Waals surface area contributed by atoms with E-state index in [0.717, 1.165) is 0 Å². The minimum absolute atomic E-state index is 0.0506. The van der Waals surface area contributed by atoms with Gasteiger partial charge in [-0.3, -0.25) is 14.9 Å². The summed E-state index contributed by atoms with van der Waals surface area (Å²) < 4.78 is 10.0. The number of nitrogens with zero attached hydrogens (tertiary/aromatic N) is 1. The number of anilines is 1. The summed E-state index contributed by atoms with van der Waals surface area (Å²) in [5.41, 5.74) is 0.0459. The van der Waals surface area contributed by atoms with E-state index in [1.807, 2.05) is 0 Å². The van der Waals surface area contributed by atoms with Crippen LogP contribution in [0.2, 0.25) is 0 Å². The zero-order chi connectivity index (χ0) is 18.2. The number of amides is 1. The van der Waals surface area contributed by atoms with Crippen molar-refractivity contribution in [3.63, 3.8) is 0 Å². The van der Waals surface area contributed by atoms with Gasteiger partial charge in [-0.15, -0.1) is 0 Å². The van der Waals surface area contributed by atoms with Gasteiger partial charge >= 0.3 is 5.97 Å². The second-order valence-corrected chi connectivity index (χ2v) is 4.85. The Morgan fingerprint density at radius 3 is 2.64 bits per heavy atom. The SMILES string of the molecule is CCOC(=O)COc1cccc(NC(=O)c2ccccc2[N+](=O)[O-])c1. The molecule has 0 saturated heterocycles. The summed E-state index contributed by atoms with van der Waals surface area (Å²) in [5.74, 6) is -0.764. The van der Waals surface area contributed by atoms with E-state index in [4.69, 9.17) is 9.47 Å². The van der Waals surface area contributed by atoms with E-state index in [0.29, 0.717) is 11.4 Å². The number of rotatable bonds is 7. The summed E-state index contributed by atoms with van der Waals surface area (Å²) in [5, 5.41) is 13.6. The summed E-state index contributed by atoms with van der Waals surface area (Å²) in [6.45, 7) is 1.69. The molecule has 0 aliphatic heterocycles. The Balaban J connectivity index is 2.08. The van der Waals surface area contributed by atoms with Crippen LogP contribution in [-0.4, -0.2) is 30.0 Å². The van der Waals surface area contributed by atoms with E-state index in [1.165, 1.54) is 24.3 Å². The lowest BCUT2D eigenvalue weighted by atomic mass is 10.1. The molecule has 8 nitrogen and oxygen atoms in total. The first kappa shape index (κ1) is 17.9. The van der Waals surface area contributed by atoms with Gasteiger partial charge in [0, 0.05) is 17.8 Å². The predicted molar refractivity (Wildman–Crippen MR) is 89.6 cm³/mol. The van der Waals surface area contributed by atoms with Crippen molar-refractivity contribution in [3.05, 3.63) is 64.2 Å². The van der Waals surface area contributed by atoms with Gasteiger partial charge in [0.05, 0.1) is 11.5 Å². The predicted octanol–water partition coefficient (Wildman–Crippen LogP) is 2.79. The molecule has 1 N–H and O–H groups in total. The number of para-hydroxylation sites is 1. The number of benzene rings is 2. The summed E-state index contributed by atoms with van der Waals surface area (Å²) in [6.07, 6.45) is 0. The number of nitrogens with one attached hydrogen (secondary N) is 1. The molecule has 1 amide bonds. The maximum absolute atomic E-state index is 12.3. The van der Waals surface area contributed by atoms with Gasteiger partial charge in [-0.25, -0.2) is 4.79 Å². The lowest BCUT2D eigenvalue weighted by Gasteiger charge is -2.09. The van der Waals surface area contributed by atoms with Crippen LogP contribution in [0.3, 0.4) is 0 Å². The lowest BCUT2D eigenvalue weighted by Crippen LogP contribution is -2.15. The number of hydrogen-bond acceptors (Lipinski definition) is 6. The molecular weight excluding hydrogens is 328 g/mol. The van der Waals surface area contributed by atoms with Crippen LogP contribution in [0.1, 0.15) is 17.3 Å². The van der Waals surface area contributed by atoms with Gasteiger partial charge in [0.2, 0.25) is 0 Å². The molecule has 2 aromatic rings. The fraction of sp³-hybridized carbons (Fsp3) is 0.176. The molecule has 0 aliphatic rings. The molecule has 8 heteroatoms. The van der Waals surface area contributed by atoms with Crippen molar-refractivity contribution in [2.75, 3.05) is 18.5 Å². The molecule has 0 bridgehead atoms. The van der Waals surface area contributed by atoms with Crippen LogP contribution in [0.4, 0.5) is 11.4 Å². The minimum atomic E-state index is -0.617. The highest BCUT2D eigenvalue weighted by molar-refractivity contribution is 6.07. The van der Waals surface area contributed by atoms with Gasteiger partial charge < -0.3 is 14.8 Å². The summed E-state index contributed by atoms with van der Waals surface area (Å²) in [6, 6.07) is 12.0. The first-order valence-corrected chi connectivity index (χ1v) is 7.44. The van der Waals surface area contributed by atoms with Crippen LogP contribution in [0, 0.1) is 10.1 Å². The highest BCUT2D eigenvalue weighted by atomic mass is 16.6. The molecule has 0 fully saturated rings. The third-order valence-corrected chi connectivity index (χ3v) is 3.10.